The number of anilines is 2. The van der Waals surface area contributed by atoms with Crippen LogP contribution in [0.1, 0.15) is 24.0 Å². The first-order chi connectivity index (χ1) is 11.8. The number of carbonyl (C=O) groups is 2. The maximum atomic E-state index is 12.7. The molecule has 3 rings (SSSR count). The lowest BCUT2D eigenvalue weighted by molar-refractivity contribution is -0.131. The molecule has 2 aromatic rings. The van der Waals surface area contributed by atoms with Gasteiger partial charge in [-0.1, -0.05) is 40.9 Å². The van der Waals surface area contributed by atoms with E-state index in [-0.39, 0.29) is 11.8 Å². The van der Waals surface area contributed by atoms with E-state index in [0.29, 0.717) is 28.6 Å². The SMILES string of the molecule is Cc1ccc(NC(=O)C2(C(=O)Nc3ccc(Cl)cc3Cl)CC2)c(C)c1. The van der Waals surface area contributed by atoms with E-state index in [1.807, 2.05) is 32.0 Å². The Morgan fingerprint density at radius 2 is 1.52 bits per heavy atom. The van der Waals surface area contributed by atoms with Gasteiger partial charge >= 0.3 is 0 Å². The average molecular weight is 377 g/mol. The molecule has 4 nitrogen and oxygen atoms in total. The van der Waals surface area contributed by atoms with E-state index in [1.165, 1.54) is 0 Å². The highest BCUT2D eigenvalue weighted by Gasteiger charge is 2.56. The van der Waals surface area contributed by atoms with Gasteiger partial charge in [0.05, 0.1) is 10.7 Å². The van der Waals surface area contributed by atoms with Crippen molar-refractivity contribution in [1.29, 1.82) is 0 Å². The molecule has 1 fully saturated rings. The molecule has 0 saturated heterocycles. The Morgan fingerprint density at radius 3 is 2.08 bits per heavy atom. The van der Waals surface area contributed by atoms with Crippen LogP contribution in [0.15, 0.2) is 36.4 Å². The van der Waals surface area contributed by atoms with Crippen LogP contribution in [0.3, 0.4) is 0 Å². The molecule has 0 aliphatic heterocycles. The predicted molar refractivity (Wildman–Crippen MR) is 101 cm³/mol. The largest absolute Gasteiger partial charge is 0.325 e. The van der Waals surface area contributed by atoms with Gasteiger partial charge in [0.15, 0.2) is 0 Å². The second kappa shape index (κ2) is 6.70. The molecule has 130 valence electrons. The van der Waals surface area contributed by atoms with E-state index in [4.69, 9.17) is 23.2 Å². The number of amides is 2. The monoisotopic (exact) mass is 376 g/mol. The minimum Gasteiger partial charge on any atom is -0.325 e. The quantitative estimate of drug-likeness (QED) is 0.740. The first-order valence-electron chi connectivity index (χ1n) is 7.97. The van der Waals surface area contributed by atoms with Gasteiger partial charge in [0.25, 0.3) is 0 Å². The van der Waals surface area contributed by atoms with Gasteiger partial charge in [-0.05, 0) is 56.5 Å². The van der Waals surface area contributed by atoms with Crippen molar-refractivity contribution in [3.05, 3.63) is 57.6 Å². The number of hydrogen-bond acceptors (Lipinski definition) is 2. The van der Waals surface area contributed by atoms with Gasteiger partial charge in [0.1, 0.15) is 5.41 Å². The molecule has 25 heavy (non-hydrogen) atoms. The molecule has 0 spiro atoms. The normalized spacial score (nSPS) is 14.7. The molecule has 1 aliphatic carbocycles. The Morgan fingerprint density at radius 1 is 0.920 bits per heavy atom. The molecule has 1 saturated carbocycles. The van der Waals surface area contributed by atoms with Crippen molar-refractivity contribution in [2.45, 2.75) is 26.7 Å². The van der Waals surface area contributed by atoms with E-state index >= 15 is 0 Å². The standard InChI is InChI=1S/C19H18Cl2N2O2/c1-11-3-5-15(12(2)9-11)22-17(24)19(7-8-19)18(25)23-16-6-4-13(20)10-14(16)21/h3-6,9-10H,7-8H2,1-2H3,(H,22,24)(H,23,25). The van der Waals surface area contributed by atoms with Gasteiger partial charge in [-0.25, -0.2) is 0 Å². The van der Waals surface area contributed by atoms with Crippen LogP contribution < -0.4 is 10.6 Å². The van der Waals surface area contributed by atoms with E-state index in [9.17, 15) is 9.59 Å². The maximum absolute atomic E-state index is 12.7. The number of halogens is 2. The summed E-state index contributed by atoms with van der Waals surface area (Å²) in [4.78, 5) is 25.3. The molecule has 2 amide bonds. The Hall–Kier alpha value is -2.04. The third kappa shape index (κ3) is 3.65. The molecule has 0 radical (unpaired) electrons. The van der Waals surface area contributed by atoms with E-state index in [0.717, 1.165) is 16.8 Å². The molecule has 2 N–H and O–H groups in total. The van der Waals surface area contributed by atoms with Crippen LogP contribution in [0.2, 0.25) is 10.0 Å². The lowest BCUT2D eigenvalue weighted by Crippen LogP contribution is -2.35. The number of nitrogens with one attached hydrogen (secondary N) is 2. The van der Waals surface area contributed by atoms with Crippen molar-refractivity contribution in [1.82, 2.24) is 0 Å². The fourth-order valence-electron chi connectivity index (χ4n) is 2.71. The van der Waals surface area contributed by atoms with Gasteiger partial charge in [0.2, 0.25) is 11.8 Å². The van der Waals surface area contributed by atoms with Gasteiger partial charge in [-0.2, -0.15) is 0 Å². The van der Waals surface area contributed by atoms with Crippen LogP contribution in [0.5, 0.6) is 0 Å². The second-order valence-electron chi connectivity index (χ2n) is 6.43. The van der Waals surface area contributed by atoms with Crippen molar-refractivity contribution >= 4 is 46.4 Å². The molecular formula is C19H18Cl2N2O2. The Labute approximate surface area is 156 Å². The van der Waals surface area contributed by atoms with Crippen molar-refractivity contribution in [2.75, 3.05) is 10.6 Å². The number of rotatable bonds is 4. The minimum atomic E-state index is -1.04. The molecule has 0 aromatic heterocycles. The van der Waals surface area contributed by atoms with Crippen LogP contribution in [0, 0.1) is 19.3 Å². The molecular weight excluding hydrogens is 359 g/mol. The smallest absolute Gasteiger partial charge is 0.240 e. The first kappa shape index (κ1) is 17.8. The van der Waals surface area contributed by atoms with Crippen molar-refractivity contribution in [3.8, 4) is 0 Å². The summed E-state index contributed by atoms with van der Waals surface area (Å²) in [6, 6.07) is 10.6. The zero-order chi connectivity index (χ0) is 18.2. The number of aryl methyl sites for hydroxylation is 2. The average Bonchev–Trinajstić information content (AvgIpc) is 3.34. The highest BCUT2D eigenvalue weighted by molar-refractivity contribution is 6.37. The Bertz CT molecular complexity index is 793. The minimum absolute atomic E-state index is 0.290. The zero-order valence-corrected chi connectivity index (χ0v) is 15.5. The van der Waals surface area contributed by atoms with Gasteiger partial charge in [0, 0.05) is 10.7 Å². The van der Waals surface area contributed by atoms with Gasteiger partial charge in [-0.15, -0.1) is 0 Å². The van der Waals surface area contributed by atoms with Crippen LogP contribution in [-0.4, -0.2) is 11.8 Å². The Balaban J connectivity index is 1.74. The summed E-state index contributed by atoms with van der Waals surface area (Å²) in [7, 11) is 0. The Kier molecular flexibility index (Phi) is 4.76. The summed E-state index contributed by atoms with van der Waals surface area (Å²) in [5.74, 6) is -0.638. The maximum Gasteiger partial charge on any atom is 0.240 e. The van der Waals surface area contributed by atoms with Crippen LogP contribution in [-0.2, 0) is 9.59 Å². The predicted octanol–water partition coefficient (Wildman–Crippen LogP) is 4.97. The molecule has 2 aromatic carbocycles. The lowest BCUT2D eigenvalue weighted by Gasteiger charge is -2.17. The molecule has 0 unspecified atom stereocenters. The van der Waals surface area contributed by atoms with Gasteiger partial charge in [-0.3, -0.25) is 9.59 Å². The van der Waals surface area contributed by atoms with Crippen molar-refractivity contribution in [3.63, 3.8) is 0 Å². The number of hydrogen-bond donors (Lipinski definition) is 2. The third-order valence-corrected chi connectivity index (χ3v) is 4.98. The molecule has 0 bridgehead atoms. The topological polar surface area (TPSA) is 58.2 Å². The summed E-state index contributed by atoms with van der Waals surface area (Å²) >= 11 is 12.0. The highest BCUT2D eigenvalue weighted by atomic mass is 35.5. The lowest BCUT2D eigenvalue weighted by atomic mass is 10.0. The summed E-state index contributed by atoms with van der Waals surface area (Å²) in [5, 5.41) is 6.44. The molecule has 6 heteroatoms. The highest BCUT2D eigenvalue weighted by Crippen LogP contribution is 2.48. The summed E-state index contributed by atoms with van der Waals surface area (Å²) < 4.78 is 0. The van der Waals surface area contributed by atoms with Crippen molar-refractivity contribution in [2.24, 2.45) is 5.41 Å². The third-order valence-electron chi connectivity index (χ3n) is 4.43. The summed E-state index contributed by atoms with van der Waals surface area (Å²) in [6.45, 7) is 3.92. The molecule has 0 heterocycles. The van der Waals surface area contributed by atoms with Gasteiger partial charge < -0.3 is 10.6 Å². The van der Waals surface area contributed by atoms with Crippen LogP contribution in [0.4, 0.5) is 11.4 Å². The summed E-state index contributed by atoms with van der Waals surface area (Å²) in [5.41, 5.74) is 2.21. The van der Waals surface area contributed by atoms with E-state index in [2.05, 4.69) is 10.6 Å². The number of benzene rings is 2. The van der Waals surface area contributed by atoms with Crippen LogP contribution in [0.25, 0.3) is 0 Å². The number of carbonyl (C=O) groups excluding carboxylic acids is 2. The van der Waals surface area contributed by atoms with Crippen molar-refractivity contribution < 1.29 is 9.59 Å². The summed E-state index contributed by atoms with van der Waals surface area (Å²) in [6.07, 6.45) is 1.03. The fraction of sp³-hybridized carbons (Fsp3) is 0.263. The first-order valence-corrected chi connectivity index (χ1v) is 8.73. The van der Waals surface area contributed by atoms with E-state index in [1.54, 1.807) is 18.2 Å². The molecule has 1 aliphatic rings. The van der Waals surface area contributed by atoms with Crippen LogP contribution >= 0.6 is 23.2 Å². The fourth-order valence-corrected chi connectivity index (χ4v) is 3.17. The van der Waals surface area contributed by atoms with E-state index < -0.39 is 5.41 Å². The molecule has 0 atom stereocenters. The second-order valence-corrected chi connectivity index (χ2v) is 7.28. The zero-order valence-electron chi connectivity index (χ0n) is 14.0.